The predicted octanol–water partition coefficient (Wildman–Crippen LogP) is 4.36. The topological polar surface area (TPSA) is 12.4 Å². The summed E-state index contributed by atoms with van der Waals surface area (Å²) >= 11 is 0. The average molecular weight is 181 g/mol. The molecule has 0 radical (unpaired) electrons. The first-order chi connectivity index (χ1) is 6.29. The van der Waals surface area contributed by atoms with Crippen LogP contribution in [0.1, 0.15) is 47.0 Å². The van der Waals surface area contributed by atoms with E-state index in [-0.39, 0.29) is 0 Å². The molecule has 13 heavy (non-hydrogen) atoms. The van der Waals surface area contributed by atoms with Gasteiger partial charge >= 0.3 is 0 Å². The minimum absolute atomic E-state index is 0.949. The Hall–Kier alpha value is -0.850. The highest BCUT2D eigenvalue weighted by Gasteiger charge is 1.97. The lowest BCUT2D eigenvalue weighted by Crippen LogP contribution is -1.84. The molecule has 0 saturated carbocycles. The second-order valence-electron chi connectivity index (χ2n) is 2.44. The van der Waals surface area contributed by atoms with Gasteiger partial charge in [-0.15, -0.1) is 0 Å². The Morgan fingerprint density at radius 2 is 1.85 bits per heavy atom. The van der Waals surface area contributed by atoms with Crippen LogP contribution >= 0.6 is 0 Å². The summed E-state index contributed by atoms with van der Waals surface area (Å²) in [6, 6.07) is 0. The molecule has 0 aliphatic rings. The normalized spacial score (nSPS) is 10.8. The van der Waals surface area contributed by atoms with E-state index in [1.54, 1.807) is 0 Å². The van der Waals surface area contributed by atoms with Crippen molar-refractivity contribution in [3.8, 4) is 0 Å². The molecule has 0 saturated heterocycles. The molecule has 0 unspecified atom stereocenters. The van der Waals surface area contributed by atoms with Crippen LogP contribution in [-0.2, 0) is 0 Å². The van der Waals surface area contributed by atoms with Gasteiger partial charge < -0.3 is 0 Å². The van der Waals surface area contributed by atoms with E-state index >= 15 is 0 Å². The molecule has 0 bridgehead atoms. The molecule has 0 atom stereocenters. The molecule has 0 fully saturated rings. The van der Waals surface area contributed by atoms with E-state index in [0.29, 0.717) is 0 Å². The minimum Gasteiger partial charge on any atom is -0.269 e. The summed E-state index contributed by atoms with van der Waals surface area (Å²) in [5.41, 5.74) is 2.33. The molecule has 0 heterocycles. The van der Waals surface area contributed by atoms with Gasteiger partial charge in [0.1, 0.15) is 0 Å². The van der Waals surface area contributed by atoms with Crippen LogP contribution in [0.15, 0.2) is 28.9 Å². The maximum absolute atomic E-state index is 3.95. The van der Waals surface area contributed by atoms with E-state index in [2.05, 4.69) is 32.1 Å². The zero-order chi connectivity index (χ0) is 10.7. The fraction of sp³-hybridized carbons (Fsp3) is 0.583. The first kappa shape index (κ1) is 14.7. The maximum Gasteiger partial charge on any atom is 0.0425 e. The van der Waals surface area contributed by atoms with Crippen LogP contribution in [0.4, 0.5) is 0 Å². The van der Waals surface area contributed by atoms with Crippen LogP contribution < -0.4 is 0 Å². The molecule has 1 heteroatoms. The highest BCUT2D eigenvalue weighted by Crippen LogP contribution is 2.15. The van der Waals surface area contributed by atoms with E-state index in [9.17, 15) is 0 Å². The minimum atomic E-state index is 0.949. The summed E-state index contributed by atoms with van der Waals surface area (Å²) in [6.45, 7) is 15.5. The van der Waals surface area contributed by atoms with Crippen molar-refractivity contribution >= 4 is 6.72 Å². The number of hydrogen-bond donors (Lipinski definition) is 0. The number of rotatable bonds is 5. The standard InChI is InChI=1S/C10H17N.C2H6/c1-5-8-9(6-2)10(7-3)11-4;1-2/h6H,2,4-5,7-8H2,1,3H3;1-2H3/b10-9+;. The molecule has 0 aromatic heterocycles. The first-order valence-electron chi connectivity index (χ1n) is 5.11. The molecule has 0 aromatic rings. The Balaban J connectivity index is 0. The summed E-state index contributed by atoms with van der Waals surface area (Å²) in [7, 11) is 0. The smallest absolute Gasteiger partial charge is 0.0425 e. The highest BCUT2D eigenvalue weighted by atomic mass is 14.7. The van der Waals surface area contributed by atoms with Gasteiger partial charge in [-0.3, -0.25) is 4.99 Å². The Morgan fingerprint density at radius 1 is 1.31 bits per heavy atom. The van der Waals surface area contributed by atoms with E-state index in [0.717, 1.165) is 25.0 Å². The molecule has 0 aromatic carbocycles. The van der Waals surface area contributed by atoms with E-state index in [1.807, 2.05) is 19.9 Å². The summed E-state index contributed by atoms with van der Waals surface area (Å²) in [6.07, 6.45) is 5.04. The molecule has 0 aliphatic carbocycles. The summed E-state index contributed by atoms with van der Waals surface area (Å²) in [4.78, 5) is 3.95. The highest BCUT2D eigenvalue weighted by molar-refractivity contribution is 5.33. The lowest BCUT2D eigenvalue weighted by Gasteiger charge is -2.03. The Bertz CT molecular complexity index is 166. The molecule has 0 spiro atoms. The fourth-order valence-corrected chi connectivity index (χ4v) is 1.07. The Kier molecular flexibility index (Phi) is 12.6. The SMILES string of the molecule is C=C/C(CCC)=C(/CC)N=C.CC. The molecule has 0 rings (SSSR count). The number of aliphatic imine (C=N–C) groups is 1. The third kappa shape index (κ3) is 6.32. The second-order valence-corrected chi connectivity index (χ2v) is 2.44. The van der Waals surface area contributed by atoms with Gasteiger partial charge in [-0.05, 0) is 25.1 Å². The number of hydrogen-bond acceptors (Lipinski definition) is 1. The third-order valence-corrected chi connectivity index (χ3v) is 1.66. The van der Waals surface area contributed by atoms with Gasteiger partial charge in [0.25, 0.3) is 0 Å². The van der Waals surface area contributed by atoms with Crippen molar-refractivity contribution in [3.05, 3.63) is 23.9 Å². The van der Waals surface area contributed by atoms with Crippen LogP contribution in [0.25, 0.3) is 0 Å². The first-order valence-corrected chi connectivity index (χ1v) is 5.11. The van der Waals surface area contributed by atoms with Crippen LogP contribution in [-0.4, -0.2) is 6.72 Å². The zero-order valence-corrected chi connectivity index (χ0v) is 9.56. The molecule has 0 amide bonds. The molecule has 76 valence electrons. The van der Waals surface area contributed by atoms with Crippen molar-refractivity contribution in [2.75, 3.05) is 0 Å². The molecular weight excluding hydrogens is 158 g/mol. The van der Waals surface area contributed by atoms with Gasteiger partial charge in [0.2, 0.25) is 0 Å². The summed E-state index contributed by atoms with van der Waals surface area (Å²) in [5, 5.41) is 0. The quantitative estimate of drug-likeness (QED) is 0.441. The van der Waals surface area contributed by atoms with Gasteiger partial charge in [0.05, 0.1) is 0 Å². The van der Waals surface area contributed by atoms with Gasteiger partial charge in [-0.2, -0.15) is 0 Å². The van der Waals surface area contributed by atoms with Crippen molar-refractivity contribution in [2.24, 2.45) is 4.99 Å². The van der Waals surface area contributed by atoms with Crippen molar-refractivity contribution in [2.45, 2.75) is 47.0 Å². The van der Waals surface area contributed by atoms with Crippen molar-refractivity contribution in [1.29, 1.82) is 0 Å². The van der Waals surface area contributed by atoms with Crippen LogP contribution in [0.2, 0.25) is 0 Å². The van der Waals surface area contributed by atoms with Gasteiger partial charge in [-0.25, -0.2) is 0 Å². The maximum atomic E-state index is 3.95. The van der Waals surface area contributed by atoms with E-state index in [4.69, 9.17) is 0 Å². The molecule has 1 nitrogen and oxygen atoms in total. The number of nitrogens with zero attached hydrogens (tertiary/aromatic N) is 1. The van der Waals surface area contributed by atoms with Crippen molar-refractivity contribution in [3.63, 3.8) is 0 Å². The van der Waals surface area contributed by atoms with Gasteiger partial charge in [0, 0.05) is 5.70 Å². The Morgan fingerprint density at radius 3 is 2.08 bits per heavy atom. The summed E-state index contributed by atoms with van der Waals surface area (Å²) in [5.74, 6) is 0. The number of allylic oxidation sites excluding steroid dienone is 3. The fourth-order valence-electron chi connectivity index (χ4n) is 1.07. The monoisotopic (exact) mass is 181 g/mol. The Labute approximate surface area is 83.3 Å². The van der Waals surface area contributed by atoms with E-state index in [1.165, 1.54) is 5.57 Å². The van der Waals surface area contributed by atoms with Crippen LogP contribution in [0.3, 0.4) is 0 Å². The van der Waals surface area contributed by atoms with E-state index < -0.39 is 0 Å². The lowest BCUT2D eigenvalue weighted by atomic mass is 10.1. The molecule has 0 N–H and O–H groups in total. The lowest BCUT2D eigenvalue weighted by molar-refractivity contribution is 0.892. The van der Waals surface area contributed by atoms with Crippen molar-refractivity contribution < 1.29 is 0 Å². The van der Waals surface area contributed by atoms with Crippen LogP contribution in [0, 0.1) is 0 Å². The zero-order valence-electron chi connectivity index (χ0n) is 9.56. The second kappa shape index (κ2) is 11.2. The predicted molar refractivity (Wildman–Crippen MR) is 63.3 cm³/mol. The summed E-state index contributed by atoms with van der Waals surface area (Å²) < 4.78 is 0. The largest absolute Gasteiger partial charge is 0.269 e. The van der Waals surface area contributed by atoms with Crippen LogP contribution in [0.5, 0.6) is 0 Å². The van der Waals surface area contributed by atoms with Crippen molar-refractivity contribution in [1.82, 2.24) is 0 Å². The molecular formula is C12H23N. The average Bonchev–Trinajstić information content (AvgIpc) is 2.21. The van der Waals surface area contributed by atoms with Gasteiger partial charge in [-0.1, -0.05) is 46.8 Å². The van der Waals surface area contributed by atoms with Gasteiger partial charge in [0.15, 0.2) is 0 Å². The third-order valence-electron chi connectivity index (χ3n) is 1.66. The molecule has 0 aliphatic heterocycles.